The van der Waals surface area contributed by atoms with Crippen molar-refractivity contribution in [1.29, 1.82) is 0 Å². The van der Waals surface area contributed by atoms with Crippen LogP contribution in [0.5, 0.6) is 0 Å². The van der Waals surface area contributed by atoms with Crippen LogP contribution >= 0.6 is 12.6 Å². The van der Waals surface area contributed by atoms with Crippen molar-refractivity contribution < 1.29 is 19.1 Å². The summed E-state index contributed by atoms with van der Waals surface area (Å²) in [4.78, 5) is 41.4. The molecule has 0 spiro atoms. The lowest BCUT2D eigenvalue weighted by molar-refractivity contribution is -0.140. The fraction of sp³-hybridized carbons (Fsp3) is 0.393. The van der Waals surface area contributed by atoms with Gasteiger partial charge >= 0.3 is 6.09 Å². The van der Waals surface area contributed by atoms with Crippen molar-refractivity contribution in [2.45, 2.75) is 58.7 Å². The molecule has 2 aromatic carbocycles. The van der Waals surface area contributed by atoms with Crippen LogP contribution in [0.1, 0.15) is 56.8 Å². The van der Waals surface area contributed by atoms with Gasteiger partial charge in [-0.25, -0.2) is 4.79 Å². The van der Waals surface area contributed by atoms with Gasteiger partial charge in [-0.1, -0.05) is 56.0 Å². The van der Waals surface area contributed by atoms with Gasteiger partial charge in [-0.05, 0) is 62.9 Å². The summed E-state index contributed by atoms with van der Waals surface area (Å²) in [5.41, 5.74) is 2.29. The molecule has 0 saturated heterocycles. The van der Waals surface area contributed by atoms with E-state index in [4.69, 9.17) is 4.74 Å². The predicted molar refractivity (Wildman–Crippen MR) is 148 cm³/mol. The molecular formula is C28H37N3O4S. The quantitative estimate of drug-likeness (QED) is 0.374. The van der Waals surface area contributed by atoms with Gasteiger partial charge in [0.2, 0.25) is 5.91 Å². The summed E-state index contributed by atoms with van der Waals surface area (Å²) in [6, 6.07) is 12.9. The summed E-state index contributed by atoms with van der Waals surface area (Å²) in [6.45, 7) is 13.2. The number of nitrogens with zero attached hydrogens (tertiary/aromatic N) is 1. The highest BCUT2D eigenvalue weighted by atomic mass is 32.1. The third-order valence-corrected chi connectivity index (χ3v) is 5.71. The zero-order valence-electron chi connectivity index (χ0n) is 21.7. The minimum Gasteiger partial charge on any atom is -0.444 e. The molecule has 2 rings (SSSR count). The van der Waals surface area contributed by atoms with E-state index in [0.29, 0.717) is 24.2 Å². The number of aryl methyl sites for hydroxylation is 1. The fourth-order valence-corrected chi connectivity index (χ4v) is 3.93. The Kier molecular flexibility index (Phi) is 10.6. The first-order chi connectivity index (χ1) is 17.0. The van der Waals surface area contributed by atoms with Crippen LogP contribution in [0.4, 0.5) is 10.5 Å². The van der Waals surface area contributed by atoms with Gasteiger partial charge in [-0.3, -0.25) is 9.59 Å². The van der Waals surface area contributed by atoms with E-state index in [1.165, 1.54) is 4.90 Å². The zero-order chi connectivity index (χ0) is 26.9. The Balaban J connectivity index is 2.48. The average Bonchev–Trinajstić information content (AvgIpc) is 2.82. The van der Waals surface area contributed by atoms with Crippen molar-refractivity contribution in [3.05, 3.63) is 71.8 Å². The summed E-state index contributed by atoms with van der Waals surface area (Å²) >= 11 is 4.30. The van der Waals surface area contributed by atoms with E-state index in [0.717, 1.165) is 11.1 Å². The molecule has 2 N–H and O–H groups in total. The molecule has 0 radical (unpaired) electrons. The Labute approximate surface area is 219 Å². The number of carbonyl (C=O) groups excluding carboxylic acids is 3. The maximum Gasteiger partial charge on any atom is 0.408 e. The SMILES string of the molecule is C=Cc1cccc(C(C(=O)Nc2ccccc2C)N(CCC)C(=O)C(CS)NC(=O)OC(C)(C)C)c1. The number of hydrogen-bond acceptors (Lipinski definition) is 5. The molecule has 2 unspecified atom stereocenters. The molecule has 2 atom stereocenters. The number of anilines is 1. The first kappa shape index (κ1) is 29.0. The number of alkyl carbamates (subject to hydrolysis) is 1. The van der Waals surface area contributed by atoms with Crippen molar-refractivity contribution in [3.63, 3.8) is 0 Å². The number of benzene rings is 2. The van der Waals surface area contributed by atoms with Crippen LogP contribution in [0.3, 0.4) is 0 Å². The molecule has 36 heavy (non-hydrogen) atoms. The number of ether oxygens (including phenoxy) is 1. The molecule has 7 nitrogen and oxygen atoms in total. The molecule has 0 heterocycles. The van der Waals surface area contributed by atoms with Crippen LogP contribution in [0.2, 0.25) is 0 Å². The number of carbonyl (C=O) groups is 3. The molecule has 0 fully saturated rings. The highest BCUT2D eigenvalue weighted by Gasteiger charge is 2.35. The average molecular weight is 512 g/mol. The predicted octanol–water partition coefficient (Wildman–Crippen LogP) is 5.38. The van der Waals surface area contributed by atoms with Gasteiger partial charge in [0.25, 0.3) is 5.91 Å². The summed E-state index contributed by atoms with van der Waals surface area (Å²) in [7, 11) is 0. The van der Waals surface area contributed by atoms with Crippen molar-refractivity contribution in [2.24, 2.45) is 0 Å². The third kappa shape index (κ3) is 8.16. The van der Waals surface area contributed by atoms with Gasteiger partial charge in [0, 0.05) is 18.0 Å². The number of hydrogen-bond donors (Lipinski definition) is 3. The van der Waals surface area contributed by atoms with Gasteiger partial charge in [0.1, 0.15) is 17.7 Å². The lowest BCUT2D eigenvalue weighted by atomic mass is 10.00. The number of amides is 3. The van der Waals surface area contributed by atoms with E-state index in [2.05, 4.69) is 29.8 Å². The summed E-state index contributed by atoms with van der Waals surface area (Å²) in [5, 5.41) is 5.59. The first-order valence-corrected chi connectivity index (χ1v) is 12.6. The molecule has 0 aliphatic carbocycles. The number of nitrogens with one attached hydrogen (secondary N) is 2. The molecule has 8 heteroatoms. The molecule has 194 valence electrons. The highest BCUT2D eigenvalue weighted by molar-refractivity contribution is 7.80. The van der Waals surface area contributed by atoms with E-state index in [1.807, 2.05) is 62.4 Å². The Hall–Kier alpha value is -3.26. The van der Waals surface area contributed by atoms with E-state index in [1.54, 1.807) is 26.8 Å². The number of para-hydroxylation sites is 1. The van der Waals surface area contributed by atoms with E-state index in [9.17, 15) is 14.4 Å². The van der Waals surface area contributed by atoms with Crippen LogP contribution in [-0.4, -0.2) is 46.7 Å². The first-order valence-electron chi connectivity index (χ1n) is 12.0. The van der Waals surface area contributed by atoms with Gasteiger partial charge < -0.3 is 20.3 Å². The highest BCUT2D eigenvalue weighted by Crippen LogP contribution is 2.27. The van der Waals surface area contributed by atoms with Crippen LogP contribution < -0.4 is 10.6 Å². The molecule has 0 aromatic heterocycles. The summed E-state index contributed by atoms with van der Waals surface area (Å²) < 4.78 is 5.33. The summed E-state index contributed by atoms with van der Waals surface area (Å²) in [5.74, 6) is -0.744. The van der Waals surface area contributed by atoms with Gasteiger partial charge in [0.05, 0.1) is 0 Å². The fourth-order valence-electron chi connectivity index (χ4n) is 3.69. The van der Waals surface area contributed by atoms with Gasteiger partial charge in [-0.2, -0.15) is 12.6 Å². The second-order valence-corrected chi connectivity index (χ2v) is 9.86. The third-order valence-electron chi connectivity index (χ3n) is 5.34. The monoisotopic (exact) mass is 511 g/mol. The zero-order valence-corrected chi connectivity index (χ0v) is 22.6. The van der Waals surface area contributed by atoms with Crippen molar-refractivity contribution in [2.75, 3.05) is 17.6 Å². The van der Waals surface area contributed by atoms with Crippen molar-refractivity contribution in [3.8, 4) is 0 Å². The number of thiol groups is 1. The maximum absolute atomic E-state index is 13.8. The van der Waals surface area contributed by atoms with Crippen LogP contribution in [0.25, 0.3) is 6.08 Å². The molecule has 0 saturated carbocycles. The van der Waals surface area contributed by atoms with E-state index >= 15 is 0 Å². The molecule has 0 aliphatic rings. The Bertz CT molecular complexity index is 1080. The second kappa shape index (κ2) is 13.2. The van der Waals surface area contributed by atoms with Gasteiger partial charge in [0.15, 0.2) is 0 Å². The minimum atomic E-state index is -0.980. The molecular weight excluding hydrogens is 474 g/mol. The van der Waals surface area contributed by atoms with Gasteiger partial charge in [-0.15, -0.1) is 0 Å². The minimum absolute atomic E-state index is 0.0388. The second-order valence-electron chi connectivity index (χ2n) is 9.49. The van der Waals surface area contributed by atoms with Crippen LogP contribution in [0, 0.1) is 6.92 Å². The van der Waals surface area contributed by atoms with Crippen LogP contribution in [-0.2, 0) is 14.3 Å². The summed E-state index contributed by atoms with van der Waals surface area (Å²) in [6.07, 6.45) is 1.57. The normalized spacial score (nSPS) is 12.7. The Morgan fingerprint density at radius 2 is 1.83 bits per heavy atom. The molecule has 2 aromatic rings. The largest absolute Gasteiger partial charge is 0.444 e. The molecule has 0 bridgehead atoms. The van der Waals surface area contributed by atoms with Crippen molar-refractivity contribution >= 4 is 42.3 Å². The Morgan fingerprint density at radius 1 is 1.14 bits per heavy atom. The Morgan fingerprint density at radius 3 is 2.42 bits per heavy atom. The van der Waals surface area contributed by atoms with E-state index < -0.39 is 29.7 Å². The van der Waals surface area contributed by atoms with E-state index in [-0.39, 0.29) is 11.7 Å². The lowest BCUT2D eigenvalue weighted by Gasteiger charge is -2.34. The lowest BCUT2D eigenvalue weighted by Crippen LogP contribution is -2.53. The standard InChI is InChI=1S/C28H37N3O4S/c1-7-16-31(26(33)23(18-36)30-27(34)35-28(4,5)6)24(21-14-11-13-20(8-2)17-21)25(32)29-22-15-10-9-12-19(22)3/h8-15,17,23-24,36H,2,7,16,18H2,1,3-6H3,(H,29,32)(H,30,34). The van der Waals surface area contributed by atoms with Crippen molar-refractivity contribution in [1.82, 2.24) is 10.2 Å². The molecule has 0 aliphatic heterocycles. The smallest absolute Gasteiger partial charge is 0.408 e. The molecule has 3 amide bonds. The topological polar surface area (TPSA) is 87.7 Å². The number of rotatable bonds is 10. The van der Waals surface area contributed by atoms with Crippen LogP contribution in [0.15, 0.2) is 55.1 Å². The maximum atomic E-state index is 13.8.